The summed E-state index contributed by atoms with van der Waals surface area (Å²) in [4.78, 5) is 19.1. The predicted molar refractivity (Wildman–Crippen MR) is 92.3 cm³/mol. The summed E-state index contributed by atoms with van der Waals surface area (Å²) in [6.07, 6.45) is 5.44. The van der Waals surface area contributed by atoms with Gasteiger partial charge in [0.1, 0.15) is 4.32 Å². The molecule has 3 heterocycles. The Hall–Kier alpha value is -0.460. The van der Waals surface area contributed by atoms with Crippen molar-refractivity contribution in [1.82, 2.24) is 9.88 Å². The average Bonchev–Trinajstić information content (AvgIpc) is 2.64. The molecule has 1 aromatic rings. The van der Waals surface area contributed by atoms with Gasteiger partial charge in [0.15, 0.2) is 10.1 Å². The largest absolute Gasteiger partial charge is 0.357 e. The minimum absolute atomic E-state index is 0.0931. The van der Waals surface area contributed by atoms with Gasteiger partial charge < -0.3 is 4.90 Å². The summed E-state index contributed by atoms with van der Waals surface area (Å²) in [7, 11) is 0. The molecule has 3 nitrogen and oxygen atoms in total. The number of aryl methyl sites for hydroxylation is 1. The number of thioether (sulfide) groups is 1. The third kappa shape index (κ3) is 3.48. The Morgan fingerprint density at radius 1 is 1.29 bits per heavy atom. The summed E-state index contributed by atoms with van der Waals surface area (Å²) in [5.74, 6) is 1.72. The van der Waals surface area contributed by atoms with Crippen molar-refractivity contribution in [1.29, 1.82) is 0 Å². The first-order valence-electron chi connectivity index (χ1n) is 7.48. The molecule has 3 aliphatic rings. The van der Waals surface area contributed by atoms with Crippen LogP contribution in [-0.4, -0.2) is 33.1 Å². The average molecular weight is 341 g/mol. The molecule has 1 aliphatic carbocycles. The van der Waals surface area contributed by atoms with Crippen molar-refractivity contribution in [2.24, 2.45) is 11.8 Å². The second kappa shape index (κ2) is 6.34. The molecule has 0 aromatic carbocycles. The monoisotopic (exact) mass is 340 g/mol. The van der Waals surface area contributed by atoms with Crippen LogP contribution in [0.2, 0.25) is 0 Å². The Bertz CT molecular complexity index is 547. The van der Waals surface area contributed by atoms with Crippen molar-refractivity contribution < 1.29 is 4.79 Å². The predicted octanol–water partition coefficient (Wildman–Crippen LogP) is 4.15. The zero-order chi connectivity index (χ0) is 15.0. The molecule has 1 saturated carbocycles. The van der Waals surface area contributed by atoms with Gasteiger partial charge in [-0.2, -0.15) is 0 Å². The number of thiazole rings is 1. The van der Waals surface area contributed by atoms with Gasteiger partial charge in [0.2, 0.25) is 0 Å². The van der Waals surface area contributed by atoms with Gasteiger partial charge in [-0.25, -0.2) is 4.98 Å². The number of Topliss-reactive ketones (excluding diaryl/α,β-unsaturated/α-hetero) is 1. The first-order chi connectivity index (χ1) is 10.0. The molecule has 2 bridgehead atoms. The minimum atomic E-state index is 0.0931. The van der Waals surface area contributed by atoms with Gasteiger partial charge in [-0.3, -0.25) is 4.79 Å². The number of ketones is 1. The third-order valence-corrected chi connectivity index (χ3v) is 7.21. The SMILES string of the molecule is CC(=O)c1sc(SC(=S)N2CC3CCC(CC3)C2)nc1C. The molecule has 6 heteroatoms. The van der Waals surface area contributed by atoms with E-state index in [4.69, 9.17) is 12.2 Å². The van der Waals surface area contributed by atoms with Gasteiger partial charge in [0.25, 0.3) is 0 Å². The van der Waals surface area contributed by atoms with E-state index in [1.807, 2.05) is 6.92 Å². The van der Waals surface area contributed by atoms with E-state index in [2.05, 4.69) is 9.88 Å². The van der Waals surface area contributed by atoms with Crippen molar-refractivity contribution in [3.05, 3.63) is 10.6 Å². The molecule has 0 unspecified atom stereocenters. The number of hydrogen-bond donors (Lipinski definition) is 0. The molecule has 1 aromatic heterocycles. The van der Waals surface area contributed by atoms with Crippen LogP contribution >= 0.6 is 35.3 Å². The normalized spacial score (nSPS) is 25.0. The second-order valence-corrected chi connectivity index (χ2v) is 8.99. The summed E-state index contributed by atoms with van der Waals surface area (Å²) < 4.78 is 1.83. The van der Waals surface area contributed by atoms with E-state index in [-0.39, 0.29) is 5.78 Å². The Morgan fingerprint density at radius 3 is 2.33 bits per heavy atom. The van der Waals surface area contributed by atoms with E-state index in [1.165, 1.54) is 37.0 Å². The van der Waals surface area contributed by atoms with Crippen LogP contribution in [0, 0.1) is 18.8 Å². The zero-order valence-electron chi connectivity index (χ0n) is 12.4. The highest BCUT2D eigenvalue weighted by Gasteiger charge is 2.30. The maximum Gasteiger partial charge on any atom is 0.171 e. The van der Waals surface area contributed by atoms with E-state index < -0.39 is 0 Å². The first kappa shape index (κ1) is 15.4. The topological polar surface area (TPSA) is 33.2 Å². The standard InChI is InChI=1S/C15H20N2OS3/c1-9-13(10(2)18)20-14(16-9)21-15(19)17-7-11-3-4-12(8-17)6-5-11/h11-12H,3-8H2,1-2H3. The number of carbonyl (C=O) groups is 1. The van der Waals surface area contributed by atoms with Gasteiger partial charge in [-0.1, -0.05) is 12.2 Å². The lowest BCUT2D eigenvalue weighted by Crippen LogP contribution is -2.31. The number of rotatable bonds is 2. The molecule has 0 radical (unpaired) electrons. The highest BCUT2D eigenvalue weighted by atomic mass is 32.2. The summed E-state index contributed by atoms with van der Waals surface area (Å²) in [5, 5.41) is 0. The quantitative estimate of drug-likeness (QED) is 0.459. The molecule has 2 saturated heterocycles. The third-order valence-electron chi connectivity index (χ3n) is 4.45. The van der Waals surface area contributed by atoms with Crippen molar-refractivity contribution >= 4 is 45.4 Å². The number of aromatic nitrogens is 1. The van der Waals surface area contributed by atoms with Crippen LogP contribution in [0.15, 0.2) is 4.34 Å². The minimum Gasteiger partial charge on any atom is -0.357 e. The van der Waals surface area contributed by atoms with Crippen LogP contribution in [0.4, 0.5) is 0 Å². The van der Waals surface area contributed by atoms with Crippen molar-refractivity contribution in [2.45, 2.75) is 43.9 Å². The Balaban J connectivity index is 1.68. The first-order valence-corrected chi connectivity index (χ1v) is 9.52. The van der Waals surface area contributed by atoms with Crippen LogP contribution in [0.1, 0.15) is 48.0 Å². The Labute approximate surface area is 139 Å². The van der Waals surface area contributed by atoms with Crippen LogP contribution in [0.3, 0.4) is 0 Å². The Kier molecular flexibility index (Phi) is 4.66. The molecule has 3 fully saturated rings. The molecule has 2 aliphatic heterocycles. The van der Waals surface area contributed by atoms with Gasteiger partial charge in [0.05, 0.1) is 10.6 Å². The van der Waals surface area contributed by atoms with E-state index in [0.29, 0.717) is 0 Å². The molecule has 0 amide bonds. The van der Waals surface area contributed by atoms with Gasteiger partial charge in [0, 0.05) is 20.0 Å². The fourth-order valence-electron chi connectivity index (χ4n) is 3.32. The highest BCUT2D eigenvalue weighted by Crippen LogP contribution is 2.36. The van der Waals surface area contributed by atoms with E-state index in [1.54, 1.807) is 18.7 Å². The maximum atomic E-state index is 11.5. The molecule has 4 rings (SSSR count). The van der Waals surface area contributed by atoms with Crippen LogP contribution in [-0.2, 0) is 0 Å². The molecule has 114 valence electrons. The lowest BCUT2D eigenvalue weighted by Gasteiger charge is -2.24. The molecule has 0 spiro atoms. The smallest absolute Gasteiger partial charge is 0.171 e. The maximum absolute atomic E-state index is 11.5. The van der Waals surface area contributed by atoms with Crippen LogP contribution in [0.5, 0.6) is 0 Å². The Morgan fingerprint density at radius 2 is 1.86 bits per heavy atom. The van der Waals surface area contributed by atoms with Crippen molar-refractivity contribution in [2.75, 3.05) is 13.1 Å². The van der Waals surface area contributed by atoms with Gasteiger partial charge >= 0.3 is 0 Å². The zero-order valence-corrected chi connectivity index (χ0v) is 14.9. The van der Waals surface area contributed by atoms with Crippen molar-refractivity contribution in [3.63, 3.8) is 0 Å². The van der Waals surface area contributed by atoms with Crippen molar-refractivity contribution in [3.8, 4) is 0 Å². The van der Waals surface area contributed by atoms with E-state index in [9.17, 15) is 4.79 Å². The van der Waals surface area contributed by atoms with E-state index >= 15 is 0 Å². The van der Waals surface area contributed by atoms with Gasteiger partial charge in [-0.05, 0) is 56.2 Å². The summed E-state index contributed by atoms with van der Waals surface area (Å²) in [5.41, 5.74) is 0.828. The molecular weight excluding hydrogens is 320 g/mol. The number of fused-ring (bicyclic) bond motifs is 4. The molecule has 0 N–H and O–H groups in total. The van der Waals surface area contributed by atoms with Crippen LogP contribution < -0.4 is 0 Å². The number of carbonyl (C=O) groups excluding carboxylic acids is 1. The van der Waals surface area contributed by atoms with Crippen LogP contribution in [0.25, 0.3) is 0 Å². The van der Waals surface area contributed by atoms with Gasteiger partial charge in [-0.15, -0.1) is 11.3 Å². The lowest BCUT2D eigenvalue weighted by molar-refractivity contribution is 0.102. The second-order valence-electron chi connectivity index (χ2n) is 6.11. The highest BCUT2D eigenvalue weighted by molar-refractivity contribution is 8.23. The molecule has 21 heavy (non-hydrogen) atoms. The number of thiocarbonyl (C=S) groups is 1. The molecule has 0 atom stereocenters. The molecular formula is C15H20N2OS3. The fraction of sp³-hybridized carbons (Fsp3) is 0.667. The lowest BCUT2D eigenvalue weighted by atomic mass is 9.84. The summed E-state index contributed by atoms with van der Waals surface area (Å²) in [6.45, 7) is 5.70. The number of nitrogens with zero attached hydrogens (tertiary/aromatic N) is 2. The fourth-order valence-corrected chi connectivity index (χ4v) is 5.83. The summed E-state index contributed by atoms with van der Waals surface area (Å²) >= 11 is 8.67. The van der Waals surface area contributed by atoms with E-state index in [0.717, 1.165) is 44.2 Å². The number of hydrogen-bond acceptors (Lipinski definition) is 5. The summed E-state index contributed by atoms with van der Waals surface area (Å²) in [6, 6.07) is 0.